The number of hydrogen-bond donors (Lipinski definition) is 2. The molecule has 1 aromatic rings. The molecule has 0 aliphatic rings. The van der Waals surface area contributed by atoms with Gasteiger partial charge in [-0.1, -0.05) is 30.9 Å². The molecule has 0 fully saturated rings. The minimum Gasteiger partial charge on any atom is -0.313 e. The van der Waals surface area contributed by atoms with E-state index < -0.39 is 0 Å². The summed E-state index contributed by atoms with van der Waals surface area (Å²) in [5.74, 6) is 6.61. The maximum Gasteiger partial charge on any atom is 0.0521 e. The topological polar surface area (TPSA) is 12.0 Å². The van der Waals surface area contributed by atoms with Crippen LogP contribution in [0, 0.1) is 11.8 Å². The number of thiol groups is 1. The average molecular weight is 205 g/mol. The van der Waals surface area contributed by atoms with Gasteiger partial charge in [0.15, 0.2) is 0 Å². The highest BCUT2D eigenvalue weighted by Crippen LogP contribution is 2.03. The van der Waals surface area contributed by atoms with Crippen molar-refractivity contribution in [1.29, 1.82) is 0 Å². The lowest BCUT2D eigenvalue weighted by Crippen LogP contribution is -2.11. The second kappa shape index (κ2) is 6.53. The Kier molecular flexibility index (Phi) is 5.21. The first-order valence-corrected chi connectivity index (χ1v) is 5.39. The Morgan fingerprint density at radius 3 is 3.00 bits per heavy atom. The first-order chi connectivity index (χ1) is 6.86. The molecular weight excluding hydrogens is 190 g/mol. The lowest BCUT2D eigenvalue weighted by Gasteiger charge is -2.01. The molecule has 2 heteroatoms. The van der Waals surface area contributed by atoms with Crippen molar-refractivity contribution in [3.63, 3.8) is 0 Å². The van der Waals surface area contributed by atoms with Gasteiger partial charge in [-0.25, -0.2) is 0 Å². The largest absolute Gasteiger partial charge is 0.313 e. The fourth-order valence-corrected chi connectivity index (χ4v) is 1.25. The molecule has 0 bridgehead atoms. The van der Waals surface area contributed by atoms with E-state index in [1.807, 2.05) is 12.1 Å². The number of hydrogen-bond acceptors (Lipinski definition) is 2. The van der Waals surface area contributed by atoms with Crippen molar-refractivity contribution in [2.75, 3.05) is 12.3 Å². The molecule has 0 atom stereocenters. The molecule has 74 valence electrons. The summed E-state index contributed by atoms with van der Waals surface area (Å²) in [6, 6.07) is 8.27. The van der Waals surface area contributed by atoms with Crippen molar-refractivity contribution in [1.82, 2.24) is 5.32 Å². The van der Waals surface area contributed by atoms with E-state index in [1.54, 1.807) is 0 Å². The maximum absolute atomic E-state index is 4.05. The van der Waals surface area contributed by atoms with Gasteiger partial charge in [0.05, 0.1) is 5.75 Å². The minimum absolute atomic E-state index is 0.609. The summed E-state index contributed by atoms with van der Waals surface area (Å²) in [6.07, 6.45) is 0. The van der Waals surface area contributed by atoms with Crippen LogP contribution in [0.1, 0.15) is 18.1 Å². The van der Waals surface area contributed by atoms with Crippen LogP contribution in [0.3, 0.4) is 0 Å². The Labute approximate surface area is 91.3 Å². The summed E-state index contributed by atoms with van der Waals surface area (Å²) in [5, 5.41) is 3.28. The molecule has 1 nitrogen and oxygen atoms in total. The van der Waals surface area contributed by atoms with E-state index in [9.17, 15) is 0 Å². The first kappa shape index (κ1) is 11.2. The third-order valence-electron chi connectivity index (χ3n) is 1.82. The standard InChI is InChI=1S/C12H15NS/c1-2-13-10-12-6-3-5-11(9-12)7-4-8-14/h3,5-6,9,13-14H,2,8,10H2,1H3. The Balaban J connectivity index is 2.68. The zero-order valence-corrected chi connectivity index (χ0v) is 9.27. The summed E-state index contributed by atoms with van der Waals surface area (Å²) in [4.78, 5) is 0. The quantitative estimate of drug-likeness (QED) is 0.569. The monoisotopic (exact) mass is 205 g/mol. The zero-order chi connectivity index (χ0) is 10.2. The molecule has 0 unspecified atom stereocenters. The predicted molar refractivity (Wildman–Crippen MR) is 64.6 cm³/mol. The Hall–Kier alpha value is -0.910. The van der Waals surface area contributed by atoms with E-state index in [0.717, 1.165) is 18.7 Å². The van der Waals surface area contributed by atoms with Gasteiger partial charge in [0.2, 0.25) is 0 Å². The minimum atomic E-state index is 0.609. The molecule has 1 N–H and O–H groups in total. The molecular formula is C12H15NS. The van der Waals surface area contributed by atoms with E-state index in [0.29, 0.717) is 5.75 Å². The third kappa shape index (κ3) is 3.87. The lowest BCUT2D eigenvalue weighted by molar-refractivity contribution is 0.727. The van der Waals surface area contributed by atoms with Gasteiger partial charge in [-0.05, 0) is 24.2 Å². The van der Waals surface area contributed by atoms with E-state index in [1.165, 1.54) is 5.56 Å². The Bertz CT molecular complexity index is 336. The Morgan fingerprint density at radius 1 is 1.43 bits per heavy atom. The second-order valence-electron chi connectivity index (χ2n) is 2.94. The van der Waals surface area contributed by atoms with E-state index in [4.69, 9.17) is 0 Å². The fourth-order valence-electron chi connectivity index (χ4n) is 1.17. The molecule has 0 saturated carbocycles. The summed E-state index contributed by atoms with van der Waals surface area (Å²) in [6.45, 7) is 4.00. The van der Waals surface area contributed by atoms with Crippen molar-refractivity contribution in [2.45, 2.75) is 13.5 Å². The highest BCUT2D eigenvalue weighted by atomic mass is 32.1. The van der Waals surface area contributed by atoms with Crippen LogP contribution in [-0.2, 0) is 6.54 Å². The van der Waals surface area contributed by atoms with E-state index in [-0.39, 0.29) is 0 Å². The highest BCUT2D eigenvalue weighted by molar-refractivity contribution is 7.80. The summed E-state index contributed by atoms with van der Waals surface area (Å²) >= 11 is 4.05. The molecule has 0 amide bonds. The maximum atomic E-state index is 4.05. The number of nitrogens with one attached hydrogen (secondary N) is 1. The van der Waals surface area contributed by atoms with E-state index >= 15 is 0 Å². The van der Waals surface area contributed by atoms with Gasteiger partial charge in [0.25, 0.3) is 0 Å². The summed E-state index contributed by atoms with van der Waals surface area (Å²) < 4.78 is 0. The summed E-state index contributed by atoms with van der Waals surface area (Å²) in [7, 11) is 0. The predicted octanol–water partition coefficient (Wildman–Crippen LogP) is 2.08. The third-order valence-corrected chi connectivity index (χ3v) is 1.98. The van der Waals surface area contributed by atoms with E-state index in [2.05, 4.69) is 48.8 Å². The molecule has 0 aliphatic carbocycles. The van der Waals surface area contributed by atoms with Gasteiger partial charge in [0.1, 0.15) is 0 Å². The van der Waals surface area contributed by atoms with Crippen molar-refractivity contribution in [3.05, 3.63) is 35.4 Å². The summed E-state index contributed by atoms with van der Waals surface area (Å²) in [5.41, 5.74) is 2.34. The van der Waals surface area contributed by atoms with Gasteiger partial charge >= 0.3 is 0 Å². The van der Waals surface area contributed by atoms with Crippen LogP contribution < -0.4 is 5.32 Å². The van der Waals surface area contributed by atoms with Gasteiger partial charge in [-0.2, -0.15) is 12.6 Å². The molecule has 0 aliphatic heterocycles. The van der Waals surface area contributed by atoms with Crippen LogP contribution >= 0.6 is 12.6 Å². The van der Waals surface area contributed by atoms with Crippen molar-refractivity contribution < 1.29 is 0 Å². The van der Waals surface area contributed by atoms with Gasteiger partial charge in [-0.3, -0.25) is 0 Å². The van der Waals surface area contributed by atoms with Crippen LogP contribution in [0.4, 0.5) is 0 Å². The zero-order valence-electron chi connectivity index (χ0n) is 8.38. The second-order valence-corrected chi connectivity index (χ2v) is 3.26. The van der Waals surface area contributed by atoms with Crippen LogP contribution in [0.5, 0.6) is 0 Å². The van der Waals surface area contributed by atoms with Crippen molar-refractivity contribution in [3.8, 4) is 11.8 Å². The molecule has 0 heterocycles. The van der Waals surface area contributed by atoms with Crippen LogP contribution in [-0.4, -0.2) is 12.3 Å². The average Bonchev–Trinajstić information content (AvgIpc) is 2.24. The normalized spacial score (nSPS) is 9.29. The Morgan fingerprint density at radius 2 is 2.29 bits per heavy atom. The fraction of sp³-hybridized carbons (Fsp3) is 0.333. The SMILES string of the molecule is CCNCc1cccc(C#CCS)c1. The van der Waals surface area contributed by atoms with Crippen molar-refractivity contribution in [2.24, 2.45) is 0 Å². The molecule has 1 rings (SSSR count). The smallest absolute Gasteiger partial charge is 0.0521 e. The highest BCUT2D eigenvalue weighted by Gasteiger charge is 1.92. The van der Waals surface area contributed by atoms with Crippen LogP contribution in [0.15, 0.2) is 24.3 Å². The molecule has 1 aromatic carbocycles. The lowest BCUT2D eigenvalue weighted by atomic mass is 10.1. The molecule has 0 spiro atoms. The van der Waals surface area contributed by atoms with Crippen LogP contribution in [0.2, 0.25) is 0 Å². The van der Waals surface area contributed by atoms with Crippen LogP contribution in [0.25, 0.3) is 0 Å². The molecule has 0 radical (unpaired) electrons. The van der Waals surface area contributed by atoms with Gasteiger partial charge < -0.3 is 5.32 Å². The van der Waals surface area contributed by atoms with Gasteiger partial charge in [-0.15, -0.1) is 0 Å². The number of benzene rings is 1. The first-order valence-electron chi connectivity index (χ1n) is 4.76. The van der Waals surface area contributed by atoms with Gasteiger partial charge in [0, 0.05) is 12.1 Å². The van der Waals surface area contributed by atoms with Crippen molar-refractivity contribution >= 4 is 12.6 Å². The number of rotatable bonds is 3. The molecule has 0 saturated heterocycles. The molecule has 14 heavy (non-hydrogen) atoms. The molecule has 0 aromatic heterocycles.